The number of hydrogen-bond donors (Lipinski definition) is 11. The molecule has 3 rings (SSSR count). The minimum absolute atomic E-state index is 0.0319. The second-order valence-corrected chi connectivity index (χ2v) is 28.8. The molecule has 0 bridgehead atoms. The van der Waals surface area contributed by atoms with E-state index < -0.39 is 156 Å². The van der Waals surface area contributed by atoms with Crippen LogP contribution in [-0.2, 0) is 61.2 Å². The van der Waals surface area contributed by atoms with Crippen molar-refractivity contribution in [1.29, 1.82) is 0 Å². The van der Waals surface area contributed by atoms with E-state index in [1.54, 1.807) is 0 Å². The van der Waals surface area contributed by atoms with E-state index in [9.17, 15) is 74.9 Å². The predicted octanol–water partition coefficient (Wildman–Crippen LogP) is 10.4. The average molecular weight is 1410 g/mol. The van der Waals surface area contributed by atoms with Crippen LogP contribution in [0, 0.1) is 0 Å². The smallest absolute Gasteiger partial charge is 0.463 e. The summed E-state index contributed by atoms with van der Waals surface area (Å²) >= 11 is 0. The van der Waals surface area contributed by atoms with Crippen molar-refractivity contribution in [3.63, 3.8) is 0 Å². The first kappa shape index (κ1) is 88.9. The van der Waals surface area contributed by atoms with Crippen LogP contribution in [0.5, 0.6) is 0 Å². The number of phosphoric acid groups is 1. The molecule has 2 saturated heterocycles. The van der Waals surface area contributed by atoms with E-state index in [2.05, 4.69) is 32.9 Å². The zero-order valence-electron chi connectivity index (χ0n) is 59.4. The number of phosphoric ester groups is 1. The fraction of sp³-hybridized carbons (Fsp3) is 0.931. The Kier molecular flexibility index (Phi) is 49.8. The molecule has 11 N–H and O–H groups in total. The Morgan fingerprint density at radius 1 is 0.392 bits per heavy atom. The fourth-order valence-electron chi connectivity index (χ4n) is 12.6. The molecule has 2 aliphatic heterocycles. The number of carbonyl (C=O) groups excluding carboxylic acids is 3. The number of aliphatic hydroxyl groups is 10. The van der Waals surface area contributed by atoms with Crippen LogP contribution in [0.2, 0.25) is 0 Å². The molecule has 0 aromatic rings. The summed E-state index contributed by atoms with van der Waals surface area (Å²) in [5.74, 6) is -2.00. The van der Waals surface area contributed by atoms with Gasteiger partial charge in [0, 0.05) is 19.3 Å². The Labute approximate surface area is 580 Å². The van der Waals surface area contributed by atoms with Gasteiger partial charge in [0.2, 0.25) is 0 Å². The van der Waals surface area contributed by atoms with Crippen molar-refractivity contribution in [2.24, 2.45) is 0 Å². The lowest BCUT2D eigenvalue weighted by molar-refractivity contribution is -0.360. The number of rotatable bonds is 59. The van der Waals surface area contributed by atoms with Crippen molar-refractivity contribution >= 4 is 25.7 Å². The standard InChI is InChI=1S/C72H133O24P/c1-4-7-10-13-16-19-22-25-27-30-32-34-37-40-43-46-56(74)88-50-53(91-58(76)48-45-42-39-36-33-28-24-21-18-15-12-9-6-3)51-90-97(86,87)96-70-68(94-71-66(84)61(79)59(77)54(49-73)92-71)64(82)63(81)65(83)69(70)95-72-67(85)62(80)60(78)55(93-72)52-89-57(75)47-44-41-38-35-31-29-26-23-20-17-14-11-8-5-2/h28,33,53-55,59-73,77-85H,4-27,29-32,34-52H2,1-3H3,(H,86,87)/b33-28-. The van der Waals surface area contributed by atoms with Gasteiger partial charge in [-0.1, -0.05) is 245 Å². The fourth-order valence-corrected chi connectivity index (χ4v) is 13.5. The van der Waals surface area contributed by atoms with E-state index in [0.29, 0.717) is 25.7 Å². The minimum Gasteiger partial charge on any atom is -0.463 e. The molecule has 2 heterocycles. The molecular weight excluding hydrogens is 1280 g/mol. The Morgan fingerprint density at radius 3 is 1.12 bits per heavy atom. The van der Waals surface area contributed by atoms with Gasteiger partial charge in [-0.2, -0.15) is 0 Å². The maximum Gasteiger partial charge on any atom is 0.472 e. The molecular formula is C72H133O24P. The molecule has 18 unspecified atom stereocenters. The van der Waals surface area contributed by atoms with E-state index in [1.807, 2.05) is 0 Å². The van der Waals surface area contributed by atoms with Gasteiger partial charge in [0.25, 0.3) is 0 Å². The number of hydrogen-bond acceptors (Lipinski definition) is 23. The maximum absolute atomic E-state index is 14.3. The minimum atomic E-state index is -5.70. The van der Waals surface area contributed by atoms with Gasteiger partial charge in [-0.3, -0.25) is 23.4 Å². The van der Waals surface area contributed by atoms with E-state index >= 15 is 0 Å². The molecule has 24 nitrogen and oxygen atoms in total. The van der Waals surface area contributed by atoms with Gasteiger partial charge >= 0.3 is 25.7 Å². The van der Waals surface area contributed by atoms with Crippen LogP contribution in [0.4, 0.5) is 0 Å². The van der Waals surface area contributed by atoms with Gasteiger partial charge < -0.3 is 89.1 Å². The third-order valence-electron chi connectivity index (χ3n) is 18.8. The molecule has 18 atom stereocenters. The molecule has 0 aromatic heterocycles. The summed E-state index contributed by atoms with van der Waals surface area (Å²) < 4.78 is 65.0. The molecule has 1 aliphatic carbocycles. The Morgan fingerprint density at radius 2 is 0.722 bits per heavy atom. The first-order valence-electron chi connectivity index (χ1n) is 38.0. The molecule has 1 saturated carbocycles. The second kappa shape index (κ2) is 54.4. The largest absolute Gasteiger partial charge is 0.472 e. The van der Waals surface area contributed by atoms with Crippen LogP contribution in [-0.4, -0.2) is 204 Å². The van der Waals surface area contributed by atoms with Gasteiger partial charge in [0.05, 0.1) is 13.2 Å². The Bertz CT molecular complexity index is 2060. The van der Waals surface area contributed by atoms with Crippen LogP contribution in [0.15, 0.2) is 12.2 Å². The lowest BCUT2D eigenvalue weighted by atomic mass is 9.84. The van der Waals surface area contributed by atoms with Crippen molar-refractivity contribution < 1.29 is 117 Å². The van der Waals surface area contributed by atoms with Crippen molar-refractivity contribution in [2.45, 2.75) is 401 Å². The summed E-state index contributed by atoms with van der Waals surface area (Å²) in [5, 5.41) is 110. The van der Waals surface area contributed by atoms with Gasteiger partial charge in [-0.05, 0) is 44.9 Å². The maximum atomic E-state index is 14.3. The first-order chi connectivity index (χ1) is 46.8. The molecule has 3 fully saturated rings. The molecule has 97 heavy (non-hydrogen) atoms. The molecule has 0 aromatic carbocycles. The average Bonchev–Trinajstić information content (AvgIpc) is 0.764. The highest BCUT2D eigenvalue weighted by Crippen LogP contribution is 2.49. The number of allylic oxidation sites excluding steroid dienone is 2. The molecule has 25 heteroatoms. The van der Waals surface area contributed by atoms with Crippen molar-refractivity contribution in [1.82, 2.24) is 0 Å². The number of carbonyl (C=O) groups is 3. The van der Waals surface area contributed by atoms with Crippen molar-refractivity contribution in [3.8, 4) is 0 Å². The highest BCUT2D eigenvalue weighted by Gasteiger charge is 2.58. The zero-order chi connectivity index (χ0) is 71.1. The molecule has 3 aliphatic rings. The monoisotopic (exact) mass is 1410 g/mol. The molecule has 0 amide bonds. The third kappa shape index (κ3) is 37.6. The number of esters is 3. The summed E-state index contributed by atoms with van der Waals surface area (Å²) in [7, 11) is -5.70. The summed E-state index contributed by atoms with van der Waals surface area (Å²) in [4.78, 5) is 51.0. The summed E-state index contributed by atoms with van der Waals surface area (Å²) in [6.07, 6.45) is 12.8. The molecule has 0 spiro atoms. The van der Waals surface area contributed by atoms with E-state index in [1.165, 1.54) is 148 Å². The lowest BCUT2D eigenvalue weighted by Gasteiger charge is -2.49. The summed E-state index contributed by atoms with van der Waals surface area (Å²) in [5.41, 5.74) is 0. The highest BCUT2D eigenvalue weighted by atomic mass is 31.2. The summed E-state index contributed by atoms with van der Waals surface area (Å²) in [6, 6.07) is 0. The second-order valence-electron chi connectivity index (χ2n) is 27.4. The first-order valence-corrected chi connectivity index (χ1v) is 39.5. The van der Waals surface area contributed by atoms with E-state index in [4.69, 9.17) is 42.2 Å². The van der Waals surface area contributed by atoms with E-state index in [0.717, 1.165) is 83.5 Å². The normalized spacial score (nSPS) is 27.8. The molecule has 570 valence electrons. The van der Waals surface area contributed by atoms with Crippen LogP contribution in [0.3, 0.4) is 0 Å². The Hall–Kier alpha value is -2.30. The third-order valence-corrected chi connectivity index (χ3v) is 19.8. The van der Waals surface area contributed by atoms with Gasteiger partial charge in [-0.25, -0.2) is 4.57 Å². The number of unbranched alkanes of at least 4 members (excludes halogenated alkanes) is 36. The number of aliphatic hydroxyl groups excluding tert-OH is 10. The van der Waals surface area contributed by atoms with Crippen LogP contribution in [0.1, 0.15) is 297 Å². The summed E-state index contributed by atoms with van der Waals surface area (Å²) in [6.45, 7) is 3.44. The molecule has 0 radical (unpaired) electrons. The SMILES string of the molecule is CCCCCCCC/C=C\CCCCCC(=O)OC(COC(=O)CCCCCCCCCCCCCCCCC)COP(=O)(O)OC1C(OC2OC(CO)C(O)C(O)C2O)C(O)C(O)C(O)C1OC1OC(COC(=O)CCCCCCCCCCCCCCCC)C(O)C(O)C1O. The van der Waals surface area contributed by atoms with E-state index in [-0.39, 0.29) is 19.3 Å². The van der Waals surface area contributed by atoms with Gasteiger partial charge in [-0.15, -0.1) is 0 Å². The van der Waals surface area contributed by atoms with Crippen LogP contribution < -0.4 is 0 Å². The van der Waals surface area contributed by atoms with Gasteiger partial charge in [0.15, 0.2) is 18.7 Å². The highest BCUT2D eigenvalue weighted by molar-refractivity contribution is 7.47. The quantitative estimate of drug-likeness (QED) is 0.00886. The van der Waals surface area contributed by atoms with Gasteiger partial charge in [0.1, 0.15) is 98.7 Å². The van der Waals surface area contributed by atoms with Crippen molar-refractivity contribution in [2.75, 3.05) is 26.4 Å². The zero-order valence-corrected chi connectivity index (χ0v) is 60.3. The van der Waals surface area contributed by atoms with Crippen molar-refractivity contribution in [3.05, 3.63) is 12.2 Å². The topological polar surface area (TPSA) is 374 Å². The predicted molar refractivity (Wildman–Crippen MR) is 365 cm³/mol. The van der Waals surface area contributed by atoms with Crippen LogP contribution in [0.25, 0.3) is 0 Å². The lowest BCUT2D eigenvalue weighted by Crippen LogP contribution is -2.69. The Balaban J connectivity index is 1.73. The van der Waals surface area contributed by atoms with Crippen LogP contribution >= 0.6 is 7.82 Å². The number of ether oxygens (including phenoxy) is 7.